The minimum Gasteiger partial charge on any atom is -0.497 e. The molecule has 0 radical (unpaired) electrons. The maximum Gasteiger partial charge on any atom is 0.209 e. The minimum atomic E-state index is -0.433. The molecule has 0 bridgehead atoms. The summed E-state index contributed by atoms with van der Waals surface area (Å²) in [5, 5.41) is 13.3. The lowest BCUT2D eigenvalue weighted by Gasteiger charge is -2.02. The topological polar surface area (TPSA) is 47.3 Å². The predicted octanol–water partition coefficient (Wildman–Crippen LogP) is 1.94. The van der Waals surface area contributed by atoms with Crippen LogP contribution in [0.3, 0.4) is 0 Å². The van der Waals surface area contributed by atoms with Crippen molar-refractivity contribution in [2.24, 2.45) is 7.05 Å². The Morgan fingerprint density at radius 3 is 2.62 bits per heavy atom. The van der Waals surface area contributed by atoms with Crippen LogP contribution in [0.25, 0.3) is 11.3 Å². The summed E-state index contributed by atoms with van der Waals surface area (Å²) >= 11 is 0. The van der Waals surface area contributed by atoms with Gasteiger partial charge in [-0.05, 0) is 12.1 Å². The van der Waals surface area contributed by atoms with E-state index >= 15 is 0 Å². The van der Waals surface area contributed by atoms with E-state index in [1.165, 1.54) is 23.9 Å². The van der Waals surface area contributed by atoms with Gasteiger partial charge in [0, 0.05) is 24.7 Å². The highest BCUT2D eigenvalue weighted by Gasteiger charge is 2.11. The minimum absolute atomic E-state index is 0.00906. The lowest BCUT2D eigenvalue weighted by molar-refractivity contribution is 0.411. The van der Waals surface area contributed by atoms with Gasteiger partial charge in [0.05, 0.1) is 12.8 Å². The molecule has 0 saturated carbocycles. The van der Waals surface area contributed by atoms with Gasteiger partial charge in [-0.15, -0.1) is 0 Å². The molecule has 84 valence electrons. The average molecular weight is 222 g/mol. The molecule has 0 unspecified atom stereocenters. The maximum absolute atomic E-state index is 13.7. The first kappa shape index (κ1) is 10.5. The van der Waals surface area contributed by atoms with Gasteiger partial charge < -0.3 is 9.84 Å². The second-order valence-electron chi connectivity index (χ2n) is 3.36. The molecule has 0 saturated heterocycles. The predicted molar refractivity (Wildman–Crippen MR) is 56.8 cm³/mol. The molecule has 1 heterocycles. The van der Waals surface area contributed by atoms with Gasteiger partial charge in [0.15, 0.2) is 0 Å². The van der Waals surface area contributed by atoms with Gasteiger partial charge >= 0.3 is 0 Å². The van der Waals surface area contributed by atoms with Gasteiger partial charge in [0.2, 0.25) is 5.88 Å². The number of hydrogen-bond donors (Lipinski definition) is 1. The first-order valence-corrected chi connectivity index (χ1v) is 4.68. The maximum atomic E-state index is 13.7. The number of aromatic hydroxyl groups is 1. The third kappa shape index (κ3) is 1.71. The summed E-state index contributed by atoms with van der Waals surface area (Å²) in [6.07, 6.45) is 0. The van der Waals surface area contributed by atoms with Crippen molar-refractivity contribution in [3.8, 4) is 22.9 Å². The first-order chi connectivity index (χ1) is 7.61. The Morgan fingerprint density at radius 2 is 2.12 bits per heavy atom. The molecule has 2 aromatic rings. The fraction of sp³-hybridized carbons (Fsp3) is 0.182. The van der Waals surface area contributed by atoms with E-state index in [2.05, 4.69) is 5.10 Å². The van der Waals surface area contributed by atoms with Gasteiger partial charge in [-0.2, -0.15) is 5.10 Å². The molecule has 1 N–H and O–H groups in total. The fourth-order valence-electron chi connectivity index (χ4n) is 1.42. The number of rotatable bonds is 2. The number of methoxy groups -OCH3 is 1. The van der Waals surface area contributed by atoms with E-state index in [-0.39, 0.29) is 5.88 Å². The lowest BCUT2D eigenvalue weighted by Crippen LogP contribution is -1.91. The van der Waals surface area contributed by atoms with Crippen molar-refractivity contribution >= 4 is 0 Å². The van der Waals surface area contributed by atoms with Crippen LogP contribution < -0.4 is 4.74 Å². The van der Waals surface area contributed by atoms with Crippen LogP contribution in [0.4, 0.5) is 4.39 Å². The Balaban J connectivity index is 2.48. The average Bonchev–Trinajstić information content (AvgIpc) is 2.58. The largest absolute Gasteiger partial charge is 0.497 e. The first-order valence-electron chi connectivity index (χ1n) is 4.68. The van der Waals surface area contributed by atoms with Crippen molar-refractivity contribution < 1.29 is 14.2 Å². The number of nitrogens with zero attached hydrogens (tertiary/aromatic N) is 2. The highest BCUT2D eigenvalue weighted by molar-refractivity contribution is 5.62. The Hall–Kier alpha value is -2.04. The summed E-state index contributed by atoms with van der Waals surface area (Å²) in [4.78, 5) is 0. The summed E-state index contributed by atoms with van der Waals surface area (Å²) in [7, 11) is 3.06. The molecule has 0 aliphatic heterocycles. The Bertz CT molecular complexity index is 503. The van der Waals surface area contributed by atoms with E-state index in [0.717, 1.165) is 0 Å². The SMILES string of the molecule is COc1ccc(-c2cc(O)n(C)n2)c(F)c1. The quantitative estimate of drug-likeness (QED) is 0.844. The van der Waals surface area contributed by atoms with Crippen LogP contribution in [0.1, 0.15) is 0 Å². The third-order valence-corrected chi connectivity index (χ3v) is 2.31. The van der Waals surface area contributed by atoms with Gasteiger partial charge in [-0.1, -0.05) is 0 Å². The molecule has 0 fully saturated rings. The molecular formula is C11H11FN2O2. The van der Waals surface area contributed by atoms with E-state index in [1.807, 2.05) is 0 Å². The zero-order valence-corrected chi connectivity index (χ0v) is 8.94. The number of hydrogen-bond acceptors (Lipinski definition) is 3. The monoisotopic (exact) mass is 222 g/mol. The molecule has 0 atom stereocenters. The molecule has 0 aliphatic carbocycles. The molecule has 4 nitrogen and oxygen atoms in total. The third-order valence-electron chi connectivity index (χ3n) is 2.31. The van der Waals surface area contributed by atoms with Crippen molar-refractivity contribution in [1.82, 2.24) is 9.78 Å². The van der Waals surface area contributed by atoms with Crippen LogP contribution in [0, 0.1) is 5.82 Å². The normalized spacial score (nSPS) is 10.4. The van der Waals surface area contributed by atoms with Crippen LogP contribution in [0.2, 0.25) is 0 Å². The Morgan fingerprint density at radius 1 is 1.38 bits per heavy atom. The molecule has 1 aromatic heterocycles. The number of ether oxygens (including phenoxy) is 1. The zero-order valence-electron chi connectivity index (χ0n) is 8.94. The number of aromatic nitrogens is 2. The number of benzene rings is 1. The van der Waals surface area contributed by atoms with E-state index in [9.17, 15) is 9.50 Å². The smallest absolute Gasteiger partial charge is 0.209 e. The Labute approximate surface area is 91.9 Å². The van der Waals surface area contributed by atoms with Crippen molar-refractivity contribution in [3.05, 3.63) is 30.1 Å². The number of aryl methyl sites for hydroxylation is 1. The molecule has 2 rings (SSSR count). The summed E-state index contributed by atoms with van der Waals surface area (Å²) in [6, 6.07) is 5.89. The van der Waals surface area contributed by atoms with Gasteiger partial charge in [0.25, 0.3) is 0 Å². The lowest BCUT2D eigenvalue weighted by atomic mass is 10.1. The van der Waals surface area contributed by atoms with Crippen LogP contribution in [0.5, 0.6) is 11.6 Å². The molecule has 16 heavy (non-hydrogen) atoms. The van der Waals surface area contributed by atoms with Crippen LogP contribution in [-0.2, 0) is 7.05 Å². The van der Waals surface area contributed by atoms with E-state index < -0.39 is 5.82 Å². The second kappa shape index (κ2) is 3.84. The molecule has 0 amide bonds. The molecule has 0 aliphatic rings. The highest BCUT2D eigenvalue weighted by Crippen LogP contribution is 2.27. The van der Waals surface area contributed by atoms with Crippen LogP contribution in [-0.4, -0.2) is 22.0 Å². The van der Waals surface area contributed by atoms with Crippen molar-refractivity contribution in [2.75, 3.05) is 7.11 Å². The zero-order chi connectivity index (χ0) is 11.7. The molecule has 5 heteroatoms. The van der Waals surface area contributed by atoms with Gasteiger partial charge in [-0.3, -0.25) is 0 Å². The summed E-state index contributed by atoms with van der Waals surface area (Å²) in [6.45, 7) is 0. The van der Waals surface area contributed by atoms with Crippen molar-refractivity contribution in [2.45, 2.75) is 0 Å². The fourth-order valence-corrected chi connectivity index (χ4v) is 1.42. The molecule has 0 spiro atoms. The summed E-state index contributed by atoms with van der Waals surface area (Å²) in [5.74, 6) is 0.00377. The van der Waals surface area contributed by atoms with E-state index in [0.29, 0.717) is 17.0 Å². The van der Waals surface area contributed by atoms with Crippen LogP contribution in [0.15, 0.2) is 24.3 Å². The van der Waals surface area contributed by atoms with Gasteiger partial charge in [-0.25, -0.2) is 9.07 Å². The molecule has 1 aromatic carbocycles. The van der Waals surface area contributed by atoms with E-state index in [4.69, 9.17) is 4.74 Å². The van der Waals surface area contributed by atoms with Gasteiger partial charge in [0.1, 0.15) is 11.6 Å². The number of halogens is 1. The standard InChI is InChI=1S/C11H11FN2O2/c1-14-11(15)6-10(13-14)8-4-3-7(16-2)5-9(8)12/h3-6,15H,1-2H3. The van der Waals surface area contributed by atoms with Crippen LogP contribution >= 0.6 is 0 Å². The summed E-state index contributed by atoms with van der Waals surface area (Å²) < 4.78 is 19.8. The summed E-state index contributed by atoms with van der Waals surface area (Å²) in [5.41, 5.74) is 0.719. The van der Waals surface area contributed by atoms with Crippen molar-refractivity contribution in [1.29, 1.82) is 0 Å². The van der Waals surface area contributed by atoms with Crippen molar-refractivity contribution in [3.63, 3.8) is 0 Å². The van der Waals surface area contributed by atoms with E-state index in [1.54, 1.807) is 19.2 Å². The Kier molecular flexibility index (Phi) is 2.52. The highest BCUT2D eigenvalue weighted by atomic mass is 19.1. The second-order valence-corrected chi connectivity index (χ2v) is 3.36. The molecular weight excluding hydrogens is 211 g/mol.